The van der Waals surface area contributed by atoms with Crippen LogP contribution in [0.4, 0.5) is 0 Å². The molecule has 0 aliphatic heterocycles. The van der Waals surface area contributed by atoms with Gasteiger partial charge in [0.1, 0.15) is 0 Å². The molecule has 70 valence electrons. The van der Waals surface area contributed by atoms with Gasteiger partial charge in [-0.25, -0.2) is 0 Å². The van der Waals surface area contributed by atoms with Crippen molar-refractivity contribution in [1.29, 1.82) is 0 Å². The molecule has 0 saturated carbocycles. The molecule has 0 aromatic carbocycles. The predicted molar refractivity (Wildman–Crippen MR) is 61.7 cm³/mol. The van der Waals surface area contributed by atoms with Gasteiger partial charge >= 0.3 is 0 Å². The van der Waals surface area contributed by atoms with Gasteiger partial charge in [0.15, 0.2) is 0 Å². The molecule has 0 heterocycles. The van der Waals surface area contributed by atoms with Gasteiger partial charge < -0.3 is 0 Å². The smallest absolute Gasteiger partial charge is 0.0188 e. The fourth-order valence-corrected chi connectivity index (χ4v) is 1.08. The van der Waals surface area contributed by atoms with Gasteiger partial charge in [0.2, 0.25) is 0 Å². The first-order valence-corrected chi connectivity index (χ1v) is 4.44. The van der Waals surface area contributed by atoms with E-state index >= 15 is 0 Å². The average Bonchev–Trinajstić information content (AvgIpc) is 2.05. The molecule has 0 aromatic heterocycles. The van der Waals surface area contributed by atoms with E-state index in [1.807, 2.05) is 39.0 Å². The zero-order valence-electron chi connectivity index (χ0n) is 8.80. The Balaban J connectivity index is 5.01. The molecule has 0 nitrogen and oxygen atoms in total. The quantitative estimate of drug-likeness (QED) is 0.560. The first-order chi connectivity index (χ1) is 6.15. The van der Waals surface area contributed by atoms with Gasteiger partial charge in [-0.15, -0.1) is 0 Å². The van der Waals surface area contributed by atoms with Gasteiger partial charge in [0.05, 0.1) is 0 Å². The molecule has 0 aliphatic rings. The van der Waals surface area contributed by atoms with Gasteiger partial charge in [-0.05, 0) is 31.9 Å². The molecular formula is C13H18. The second-order valence-corrected chi connectivity index (χ2v) is 2.89. The lowest BCUT2D eigenvalue weighted by atomic mass is 10.0. The van der Waals surface area contributed by atoms with E-state index in [1.165, 1.54) is 0 Å². The van der Waals surface area contributed by atoms with E-state index in [1.54, 1.807) is 0 Å². The van der Waals surface area contributed by atoms with Crippen molar-refractivity contribution in [2.45, 2.75) is 20.8 Å². The van der Waals surface area contributed by atoms with Crippen LogP contribution >= 0.6 is 0 Å². The predicted octanol–water partition coefficient (Wildman–Crippen LogP) is 4.20. The van der Waals surface area contributed by atoms with Crippen molar-refractivity contribution < 1.29 is 0 Å². The molecule has 0 aliphatic carbocycles. The fourth-order valence-electron chi connectivity index (χ4n) is 1.08. The molecule has 0 atom stereocenters. The zero-order chi connectivity index (χ0) is 10.3. The molecule has 0 heteroatoms. The van der Waals surface area contributed by atoms with Crippen LogP contribution in [0.2, 0.25) is 0 Å². The third-order valence-corrected chi connectivity index (χ3v) is 1.61. The Bertz CT molecular complexity index is 272. The van der Waals surface area contributed by atoms with E-state index in [0.29, 0.717) is 0 Å². The second-order valence-electron chi connectivity index (χ2n) is 2.89. The summed E-state index contributed by atoms with van der Waals surface area (Å²) in [6.07, 6.45) is 10.0. The molecule has 0 aromatic rings. The number of hydrogen-bond acceptors (Lipinski definition) is 0. The standard InChI is InChI=1S/C13H18/c1-6-9-13(10-11(4)5)12(7-2)8-3/h6-10H,2,4H2,1,3,5H3/b9-6-,12-8-,13-10-. The van der Waals surface area contributed by atoms with Crippen LogP contribution in [0.1, 0.15) is 20.8 Å². The largest absolute Gasteiger partial charge is 0.0985 e. The van der Waals surface area contributed by atoms with E-state index in [9.17, 15) is 0 Å². The highest BCUT2D eigenvalue weighted by Crippen LogP contribution is 2.14. The summed E-state index contributed by atoms with van der Waals surface area (Å²) in [6.45, 7) is 13.6. The normalized spacial score (nSPS) is 13.5. The lowest BCUT2D eigenvalue weighted by molar-refractivity contribution is 1.44. The van der Waals surface area contributed by atoms with E-state index in [-0.39, 0.29) is 0 Å². The Morgan fingerprint density at radius 1 is 1.15 bits per heavy atom. The summed E-state index contributed by atoms with van der Waals surface area (Å²) in [6, 6.07) is 0. The molecule has 13 heavy (non-hydrogen) atoms. The van der Waals surface area contributed by atoms with E-state index in [2.05, 4.69) is 25.3 Å². The molecule has 0 spiro atoms. The van der Waals surface area contributed by atoms with Gasteiger partial charge in [-0.1, -0.05) is 49.1 Å². The lowest BCUT2D eigenvalue weighted by Crippen LogP contribution is -1.82. The van der Waals surface area contributed by atoms with Crippen molar-refractivity contribution >= 4 is 0 Å². The summed E-state index contributed by atoms with van der Waals surface area (Å²) in [7, 11) is 0. The summed E-state index contributed by atoms with van der Waals surface area (Å²) in [5.41, 5.74) is 3.35. The molecule has 0 amide bonds. The van der Waals surface area contributed by atoms with Crippen LogP contribution in [-0.4, -0.2) is 0 Å². The van der Waals surface area contributed by atoms with E-state index < -0.39 is 0 Å². The van der Waals surface area contributed by atoms with Crippen LogP contribution in [0.15, 0.2) is 60.3 Å². The zero-order valence-corrected chi connectivity index (χ0v) is 8.80. The van der Waals surface area contributed by atoms with E-state index in [4.69, 9.17) is 0 Å². The van der Waals surface area contributed by atoms with Gasteiger partial charge in [0.25, 0.3) is 0 Å². The average molecular weight is 174 g/mol. The maximum absolute atomic E-state index is 3.86. The van der Waals surface area contributed by atoms with Gasteiger partial charge in [-0.3, -0.25) is 0 Å². The van der Waals surface area contributed by atoms with Crippen LogP contribution < -0.4 is 0 Å². The SMILES string of the molecule is C=CC(=C/C)/C(/C=C\C)=C\C(=C)C. The first kappa shape index (κ1) is 11.7. The summed E-state index contributed by atoms with van der Waals surface area (Å²) in [5.74, 6) is 0. The number of allylic oxidation sites excluding steroid dienone is 8. The highest BCUT2D eigenvalue weighted by molar-refractivity contribution is 5.48. The lowest BCUT2D eigenvalue weighted by Gasteiger charge is -2.02. The fraction of sp³-hybridized carbons (Fsp3) is 0.231. The van der Waals surface area contributed by atoms with Crippen molar-refractivity contribution in [2.75, 3.05) is 0 Å². The Kier molecular flexibility index (Phi) is 5.62. The Labute approximate surface area is 81.7 Å². The minimum absolute atomic E-state index is 1.05. The second kappa shape index (κ2) is 6.24. The molecular weight excluding hydrogens is 156 g/mol. The van der Waals surface area contributed by atoms with Crippen LogP contribution in [0.3, 0.4) is 0 Å². The number of hydrogen-bond donors (Lipinski definition) is 0. The topological polar surface area (TPSA) is 0 Å². The molecule has 0 saturated heterocycles. The third kappa shape index (κ3) is 4.32. The molecule has 0 fully saturated rings. The Morgan fingerprint density at radius 3 is 2.08 bits per heavy atom. The van der Waals surface area contributed by atoms with Gasteiger partial charge in [0, 0.05) is 0 Å². The monoisotopic (exact) mass is 174 g/mol. The van der Waals surface area contributed by atoms with Crippen LogP contribution in [0.25, 0.3) is 0 Å². The van der Waals surface area contributed by atoms with Crippen LogP contribution in [0, 0.1) is 0 Å². The van der Waals surface area contributed by atoms with Crippen molar-refractivity contribution in [3.63, 3.8) is 0 Å². The van der Waals surface area contributed by atoms with Crippen molar-refractivity contribution in [2.24, 2.45) is 0 Å². The summed E-state index contributed by atoms with van der Waals surface area (Å²) < 4.78 is 0. The minimum Gasteiger partial charge on any atom is -0.0985 e. The van der Waals surface area contributed by atoms with Crippen molar-refractivity contribution in [3.05, 3.63) is 60.3 Å². The first-order valence-electron chi connectivity index (χ1n) is 4.44. The maximum Gasteiger partial charge on any atom is -0.0188 e. The van der Waals surface area contributed by atoms with Crippen LogP contribution in [-0.2, 0) is 0 Å². The highest BCUT2D eigenvalue weighted by atomic mass is 14.0. The Hall–Kier alpha value is -1.30. The molecule has 0 rings (SSSR count). The van der Waals surface area contributed by atoms with Crippen LogP contribution in [0.5, 0.6) is 0 Å². The third-order valence-electron chi connectivity index (χ3n) is 1.61. The number of rotatable bonds is 4. The van der Waals surface area contributed by atoms with E-state index in [0.717, 1.165) is 16.7 Å². The summed E-state index contributed by atoms with van der Waals surface area (Å²) in [5, 5.41) is 0. The van der Waals surface area contributed by atoms with Crippen molar-refractivity contribution in [1.82, 2.24) is 0 Å². The molecule has 0 radical (unpaired) electrons. The molecule has 0 bridgehead atoms. The summed E-state index contributed by atoms with van der Waals surface area (Å²) >= 11 is 0. The summed E-state index contributed by atoms with van der Waals surface area (Å²) in [4.78, 5) is 0. The molecule has 0 unspecified atom stereocenters. The molecule has 0 N–H and O–H groups in total. The van der Waals surface area contributed by atoms with Gasteiger partial charge in [-0.2, -0.15) is 0 Å². The van der Waals surface area contributed by atoms with Crippen molar-refractivity contribution in [3.8, 4) is 0 Å². The Morgan fingerprint density at radius 2 is 1.77 bits per heavy atom. The maximum atomic E-state index is 3.86. The highest BCUT2D eigenvalue weighted by Gasteiger charge is 1.95. The minimum atomic E-state index is 1.05.